The zero-order valence-corrected chi connectivity index (χ0v) is 16.3. The Morgan fingerprint density at radius 3 is 2.35 bits per heavy atom. The van der Waals surface area contributed by atoms with Gasteiger partial charge in [-0.25, -0.2) is 0 Å². The third-order valence-corrected chi connectivity index (χ3v) is 5.54. The van der Waals surface area contributed by atoms with Crippen molar-refractivity contribution in [2.24, 2.45) is 0 Å². The van der Waals surface area contributed by atoms with Crippen molar-refractivity contribution in [3.8, 4) is 0 Å². The van der Waals surface area contributed by atoms with E-state index in [9.17, 15) is 4.79 Å². The molecule has 0 saturated heterocycles. The Morgan fingerprint density at radius 1 is 1.19 bits per heavy atom. The van der Waals surface area contributed by atoms with E-state index in [-0.39, 0.29) is 17.4 Å². The highest BCUT2D eigenvalue weighted by molar-refractivity contribution is 5.91. The van der Waals surface area contributed by atoms with E-state index >= 15 is 0 Å². The summed E-state index contributed by atoms with van der Waals surface area (Å²) in [6.45, 7) is 10.9. The molecular formula is C22H30N2O2. The van der Waals surface area contributed by atoms with Gasteiger partial charge in [0.25, 0.3) is 0 Å². The average molecular weight is 354 g/mol. The fourth-order valence-electron chi connectivity index (χ4n) is 3.94. The summed E-state index contributed by atoms with van der Waals surface area (Å²) < 4.78 is 5.64. The Balaban J connectivity index is 1.74. The van der Waals surface area contributed by atoms with Gasteiger partial charge < -0.3 is 9.73 Å². The van der Waals surface area contributed by atoms with Crippen molar-refractivity contribution in [1.82, 2.24) is 10.2 Å². The summed E-state index contributed by atoms with van der Waals surface area (Å²) in [5, 5.41) is 3.22. The second-order valence-corrected chi connectivity index (χ2v) is 7.42. The first-order valence-electron chi connectivity index (χ1n) is 9.64. The highest BCUT2D eigenvalue weighted by Gasteiger charge is 2.51. The maximum absolute atomic E-state index is 13.1. The first-order chi connectivity index (χ1) is 12.5. The van der Waals surface area contributed by atoms with Crippen LogP contribution >= 0.6 is 0 Å². The lowest BCUT2D eigenvalue weighted by Gasteiger charge is -2.29. The number of aryl methyl sites for hydroxylation is 2. The zero-order chi connectivity index (χ0) is 18.7. The van der Waals surface area contributed by atoms with Gasteiger partial charge in [-0.1, -0.05) is 43.2 Å². The molecule has 4 heteroatoms. The molecule has 26 heavy (non-hydrogen) atoms. The standard InChI is InChI=1S/C22H30N2O2/c1-5-24(6-2)19(20-8-7-11-26-20)15-23-21(25)22(9-10-22)18-13-16(3)12-17(4)14-18/h7-8,11-14,19H,5-6,9-10,15H2,1-4H3,(H,23,25). The lowest BCUT2D eigenvalue weighted by molar-refractivity contribution is -0.123. The van der Waals surface area contributed by atoms with E-state index in [0.29, 0.717) is 6.54 Å². The van der Waals surface area contributed by atoms with Gasteiger partial charge in [-0.05, 0) is 57.5 Å². The molecule has 1 N–H and O–H groups in total. The maximum atomic E-state index is 13.1. The fraction of sp³-hybridized carbons (Fsp3) is 0.500. The van der Waals surface area contributed by atoms with E-state index in [1.54, 1.807) is 6.26 Å². The molecule has 1 aliphatic rings. The van der Waals surface area contributed by atoms with Crippen LogP contribution in [-0.4, -0.2) is 30.4 Å². The summed E-state index contributed by atoms with van der Waals surface area (Å²) in [5.74, 6) is 1.05. The van der Waals surface area contributed by atoms with Crippen molar-refractivity contribution in [3.63, 3.8) is 0 Å². The molecule has 1 atom stereocenters. The SMILES string of the molecule is CCN(CC)C(CNC(=O)C1(c2cc(C)cc(C)c2)CC1)c1ccco1. The first kappa shape index (κ1) is 18.7. The van der Waals surface area contributed by atoms with Gasteiger partial charge in [0, 0.05) is 6.54 Å². The molecule has 2 aromatic rings. The molecule has 0 aliphatic heterocycles. The molecule has 1 heterocycles. The van der Waals surface area contributed by atoms with Crippen LogP contribution in [0.5, 0.6) is 0 Å². The molecule has 1 fully saturated rings. The zero-order valence-electron chi connectivity index (χ0n) is 16.3. The van der Waals surface area contributed by atoms with Gasteiger partial charge in [0.1, 0.15) is 5.76 Å². The van der Waals surface area contributed by atoms with Crippen LogP contribution in [0.1, 0.15) is 55.2 Å². The highest BCUT2D eigenvalue weighted by Crippen LogP contribution is 2.49. The van der Waals surface area contributed by atoms with Gasteiger partial charge in [-0.3, -0.25) is 9.69 Å². The number of carbonyl (C=O) groups excluding carboxylic acids is 1. The summed E-state index contributed by atoms with van der Waals surface area (Å²) in [6.07, 6.45) is 3.56. The van der Waals surface area contributed by atoms with Crippen LogP contribution < -0.4 is 5.32 Å². The summed E-state index contributed by atoms with van der Waals surface area (Å²) in [7, 11) is 0. The van der Waals surface area contributed by atoms with E-state index in [1.165, 1.54) is 11.1 Å². The Morgan fingerprint density at radius 2 is 1.85 bits per heavy atom. The number of amides is 1. The Kier molecular flexibility index (Phi) is 5.52. The molecule has 4 nitrogen and oxygen atoms in total. The Hall–Kier alpha value is -2.07. The lowest BCUT2D eigenvalue weighted by atomic mass is 9.92. The van der Waals surface area contributed by atoms with Gasteiger partial charge >= 0.3 is 0 Å². The molecule has 1 unspecified atom stereocenters. The number of carbonyl (C=O) groups is 1. The van der Waals surface area contributed by atoms with Crippen LogP contribution in [0.3, 0.4) is 0 Å². The predicted molar refractivity (Wildman–Crippen MR) is 104 cm³/mol. The number of likely N-dealkylation sites (N-methyl/N-ethyl adjacent to an activating group) is 1. The number of rotatable bonds is 8. The summed E-state index contributed by atoms with van der Waals surface area (Å²) in [4.78, 5) is 15.4. The minimum absolute atomic E-state index is 0.0685. The lowest BCUT2D eigenvalue weighted by Crippen LogP contribution is -2.41. The van der Waals surface area contributed by atoms with Crippen molar-refractivity contribution in [1.29, 1.82) is 0 Å². The van der Waals surface area contributed by atoms with Gasteiger partial charge in [0.15, 0.2) is 0 Å². The quantitative estimate of drug-likeness (QED) is 0.775. The third kappa shape index (κ3) is 3.70. The first-order valence-corrected chi connectivity index (χ1v) is 9.64. The third-order valence-electron chi connectivity index (χ3n) is 5.54. The van der Waals surface area contributed by atoms with Crippen LogP contribution in [0.4, 0.5) is 0 Å². The second-order valence-electron chi connectivity index (χ2n) is 7.42. The van der Waals surface area contributed by atoms with Gasteiger partial charge in [-0.2, -0.15) is 0 Å². The number of nitrogens with one attached hydrogen (secondary N) is 1. The Bertz CT molecular complexity index is 723. The predicted octanol–water partition coefficient (Wildman–Crippen LogP) is 4.13. The van der Waals surface area contributed by atoms with Crippen LogP contribution in [-0.2, 0) is 10.2 Å². The van der Waals surface area contributed by atoms with Crippen molar-refractivity contribution in [2.75, 3.05) is 19.6 Å². The molecule has 1 aromatic carbocycles. The molecule has 1 amide bonds. The van der Waals surface area contributed by atoms with Crippen molar-refractivity contribution >= 4 is 5.91 Å². The summed E-state index contributed by atoms with van der Waals surface area (Å²) in [5.41, 5.74) is 3.25. The minimum Gasteiger partial charge on any atom is -0.468 e. The molecule has 1 saturated carbocycles. The van der Waals surface area contributed by atoms with E-state index in [2.05, 4.69) is 56.1 Å². The van der Waals surface area contributed by atoms with Gasteiger partial charge in [0.05, 0.1) is 17.7 Å². The number of hydrogen-bond donors (Lipinski definition) is 1. The monoisotopic (exact) mass is 354 g/mol. The van der Waals surface area contributed by atoms with E-state index in [4.69, 9.17) is 4.42 Å². The van der Waals surface area contributed by atoms with E-state index in [1.807, 2.05) is 12.1 Å². The minimum atomic E-state index is -0.340. The average Bonchev–Trinajstić information content (AvgIpc) is 3.26. The molecule has 140 valence electrons. The number of nitrogens with zero attached hydrogens (tertiary/aromatic N) is 1. The fourth-order valence-corrected chi connectivity index (χ4v) is 3.94. The smallest absolute Gasteiger partial charge is 0.230 e. The topological polar surface area (TPSA) is 45.5 Å². The molecule has 0 spiro atoms. The molecule has 0 radical (unpaired) electrons. The summed E-state index contributed by atoms with van der Waals surface area (Å²) >= 11 is 0. The maximum Gasteiger partial charge on any atom is 0.230 e. The summed E-state index contributed by atoms with van der Waals surface area (Å²) in [6, 6.07) is 10.4. The van der Waals surface area contributed by atoms with E-state index < -0.39 is 0 Å². The van der Waals surface area contributed by atoms with Crippen LogP contribution in [0.25, 0.3) is 0 Å². The van der Waals surface area contributed by atoms with Crippen molar-refractivity contribution in [3.05, 3.63) is 59.0 Å². The van der Waals surface area contributed by atoms with Crippen LogP contribution in [0.15, 0.2) is 41.0 Å². The van der Waals surface area contributed by atoms with Gasteiger partial charge in [-0.15, -0.1) is 0 Å². The van der Waals surface area contributed by atoms with Crippen LogP contribution in [0, 0.1) is 13.8 Å². The number of benzene rings is 1. The molecular weight excluding hydrogens is 324 g/mol. The van der Waals surface area contributed by atoms with Gasteiger partial charge in [0.2, 0.25) is 5.91 Å². The van der Waals surface area contributed by atoms with Crippen LogP contribution in [0.2, 0.25) is 0 Å². The van der Waals surface area contributed by atoms with E-state index in [0.717, 1.165) is 37.3 Å². The number of hydrogen-bond acceptors (Lipinski definition) is 3. The largest absolute Gasteiger partial charge is 0.468 e. The second kappa shape index (κ2) is 7.67. The number of furan rings is 1. The molecule has 1 aliphatic carbocycles. The highest BCUT2D eigenvalue weighted by atomic mass is 16.3. The molecule has 1 aromatic heterocycles. The molecule has 3 rings (SSSR count). The van der Waals surface area contributed by atoms with Crippen molar-refractivity contribution < 1.29 is 9.21 Å². The van der Waals surface area contributed by atoms with Crippen molar-refractivity contribution in [2.45, 2.75) is 52.0 Å². The Labute approximate surface area is 156 Å². The normalized spacial score (nSPS) is 16.5. The molecule has 0 bridgehead atoms.